The molecule has 3 rings (SSSR count). The van der Waals surface area contributed by atoms with Gasteiger partial charge in [-0.25, -0.2) is 4.98 Å². The minimum Gasteiger partial charge on any atom is -0.333 e. The first kappa shape index (κ1) is 13.6. The van der Waals surface area contributed by atoms with Gasteiger partial charge in [0.05, 0.1) is 17.6 Å². The third kappa shape index (κ3) is 3.41. The van der Waals surface area contributed by atoms with E-state index in [0.717, 1.165) is 22.0 Å². The van der Waals surface area contributed by atoms with Crippen LogP contribution in [0.15, 0.2) is 72.0 Å². The predicted molar refractivity (Wildman–Crippen MR) is 85.5 cm³/mol. The molecule has 0 saturated heterocycles. The summed E-state index contributed by atoms with van der Waals surface area (Å²) in [4.78, 5) is 19.6. The minimum atomic E-state index is 0.110. The van der Waals surface area contributed by atoms with Crippen LogP contribution in [0.2, 0.25) is 0 Å². The second-order valence-electron chi connectivity index (χ2n) is 4.55. The zero-order valence-corrected chi connectivity index (χ0v) is 12.1. The second kappa shape index (κ2) is 6.41. The highest BCUT2D eigenvalue weighted by molar-refractivity contribution is 7.99. The predicted octanol–water partition coefficient (Wildman–Crippen LogP) is 4.05. The molecular formula is C17H14N2OS. The molecule has 0 unspecified atom stereocenters. The number of Topliss-reactive ketones (excluding diaryl/α,β-unsaturated/α-hetero) is 1. The fraction of sp³-hybridized carbons (Fsp3) is 0.0588. The first-order valence-corrected chi connectivity index (χ1v) is 7.63. The van der Waals surface area contributed by atoms with E-state index in [-0.39, 0.29) is 5.78 Å². The largest absolute Gasteiger partial charge is 0.333 e. The van der Waals surface area contributed by atoms with Crippen LogP contribution in [0.3, 0.4) is 0 Å². The maximum atomic E-state index is 12.0. The lowest BCUT2D eigenvalue weighted by Gasteiger charge is -1.99. The number of hydrogen-bond acceptors (Lipinski definition) is 3. The lowest BCUT2D eigenvalue weighted by atomic mass is 10.2. The number of nitrogens with one attached hydrogen (secondary N) is 1. The van der Waals surface area contributed by atoms with Gasteiger partial charge in [0.2, 0.25) is 0 Å². The molecule has 1 aromatic heterocycles. The lowest BCUT2D eigenvalue weighted by molar-refractivity contribution is 0.102. The molecule has 0 fully saturated rings. The smallest absolute Gasteiger partial charge is 0.173 e. The van der Waals surface area contributed by atoms with Gasteiger partial charge in [0, 0.05) is 5.56 Å². The number of aromatic nitrogens is 2. The van der Waals surface area contributed by atoms with Gasteiger partial charge in [-0.3, -0.25) is 4.79 Å². The van der Waals surface area contributed by atoms with Crippen molar-refractivity contribution in [1.29, 1.82) is 0 Å². The van der Waals surface area contributed by atoms with Crippen molar-refractivity contribution < 1.29 is 4.79 Å². The highest BCUT2D eigenvalue weighted by atomic mass is 32.2. The molecule has 3 aromatic rings. The molecule has 0 saturated carbocycles. The van der Waals surface area contributed by atoms with Crippen LogP contribution in [0.25, 0.3) is 11.3 Å². The quantitative estimate of drug-likeness (QED) is 0.570. The molecule has 0 radical (unpaired) electrons. The fourth-order valence-electron chi connectivity index (χ4n) is 1.98. The Kier molecular flexibility index (Phi) is 4.17. The van der Waals surface area contributed by atoms with E-state index in [1.807, 2.05) is 60.7 Å². The van der Waals surface area contributed by atoms with E-state index < -0.39 is 0 Å². The summed E-state index contributed by atoms with van der Waals surface area (Å²) in [6.07, 6.45) is 1.80. The highest BCUT2D eigenvalue weighted by Crippen LogP contribution is 2.21. The SMILES string of the molecule is O=C(CSc1ncc(-c2ccccc2)[nH]1)c1ccccc1. The highest BCUT2D eigenvalue weighted by Gasteiger charge is 2.08. The van der Waals surface area contributed by atoms with Crippen LogP contribution in [0.1, 0.15) is 10.4 Å². The van der Waals surface area contributed by atoms with Crippen LogP contribution in [0.4, 0.5) is 0 Å². The maximum Gasteiger partial charge on any atom is 0.173 e. The zero-order valence-electron chi connectivity index (χ0n) is 11.3. The number of carbonyl (C=O) groups is 1. The first-order chi connectivity index (χ1) is 10.3. The van der Waals surface area contributed by atoms with E-state index in [1.54, 1.807) is 6.20 Å². The Labute approximate surface area is 127 Å². The Bertz CT molecular complexity index is 723. The lowest BCUT2D eigenvalue weighted by Crippen LogP contribution is -2.01. The Morgan fingerprint density at radius 3 is 2.38 bits per heavy atom. The summed E-state index contributed by atoms with van der Waals surface area (Å²) in [5, 5.41) is 0.762. The monoisotopic (exact) mass is 294 g/mol. The van der Waals surface area contributed by atoms with Crippen LogP contribution in [-0.2, 0) is 0 Å². The van der Waals surface area contributed by atoms with E-state index >= 15 is 0 Å². The van der Waals surface area contributed by atoms with Gasteiger partial charge < -0.3 is 4.98 Å². The van der Waals surface area contributed by atoms with Crippen LogP contribution in [0, 0.1) is 0 Å². The van der Waals surface area contributed by atoms with Gasteiger partial charge in [-0.1, -0.05) is 72.4 Å². The van der Waals surface area contributed by atoms with Crippen molar-refractivity contribution >= 4 is 17.5 Å². The molecule has 1 heterocycles. The molecule has 0 spiro atoms. The number of ketones is 1. The minimum absolute atomic E-state index is 0.110. The zero-order chi connectivity index (χ0) is 14.5. The number of rotatable bonds is 5. The maximum absolute atomic E-state index is 12.0. The number of imidazole rings is 1. The number of aromatic amines is 1. The second-order valence-corrected chi connectivity index (χ2v) is 5.51. The van der Waals surface area contributed by atoms with Crippen molar-refractivity contribution in [3.63, 3.8) is 0 Å². The Hall–Kier alpha value is -2.33. The standard InChI is InChI=1S/C17H14N2OS/c20-16(14-9-5-2-6-10-14)12-21-17-18-11-15(19-17)13-7-3-1-4-8-13/h1-11H,12H2,(H,18,19). The molecule has 4 heteroatoms. The molecule has 2 aromatic carbocycles. The van der Waals surface area contributed by atoms with Crippen LogP contribution < -0.4 is 0 Å². The normalized spacial score (nSPS) is 10.5. The molecule has 0 aliphatic carbocycles. The van der Waals surface area contributed by atoms with Gasteiger partial charge in [0.15, 0.2) is 10.9 Å². The number of benzene rings is 2. The Morgan fingerprint density at radius 1 is 1.00 bits per heavy atom. The van der Waals surface area contributed by atoms with Crippen molar-refractivity contribution in [1.82, 2.24) is 9.97 Å². The summed E-state index contributed by atoms with van der Waals surface area (Å²) in [5.74, 6) is 0.490. The van der Waals surface area contributed by atoms with Crippen molar-refractivity contribution in [2.75, 3.05) is 5.75 Å². The van der Waals surface area contributed by atoms with Gasteiger partial charge in [-0.05, 0) is 5.56 Å². The van der Waals surface area contributed by atoms with Crippen molar-refractivity contribution in [3.05, 3.63) is 72.4 Å². The molecule has 0 aliphatic heterocycles. The number of H-pyrrole nitrogens is 1. The molecule has 0 atom stereocenters. The van der Waals surface area contributed by atoms with E-state index in [1.165, 1.54) is 11.8 Å². The average Bonchev–Trinajstić information content (AvgIpc) is 3.03. The van der Waals surface area contributed by atoms with Crippen molar-refractivity contribution in [2.45, 2.75) is 5.16 Å². The van der Waals surface area contributed by atoms with Crippen LogP contribution in [-0.4, -0.2) is 21.5 Å². The third-order valence-electron chi connectivity index (χ3n) is 3.07. The summed E-state index contributed by atoms with van der Waals surface area (Å²) >= 11 is 1.42. The topological polar surface area (TPSA) is 45.8 Å². The summed E-state index contributed by atoms with van der Waals surface area (Å²) in [7, 11) is 0. The number of hydrogen-bond donors (Lipinski definition) is 1. The van der Waals surface area contributed by atoms with E-state index in [2.05, 4.69) is 9.97 Å². The third-order valence-corrected chi connectivity index (χ3v) is 3.96. The first-order valence-electron chi connectivity index (χ1n) is 6.64. The number of thioether (sulfide) groups is 1. The summed E-state index contributed by atoms with van der Waals surface area (Å²) in [6.45, 7) is 0. The summed E-state index contributed by atoms with van der Waals surface area (Å²) in [6, 6.07) is 19.3. The van der Waals surface area contributed by atoms with Crippen molar-refractivity contribution in [3.8, 4) is 11.3 Å². The summed E-state index contributed by atoms with van der Waals surface area (Å²) < 4.78 is 0. The molecule has 1 N–H and O–H groups in total. The molecular weight excluding hydrogens is 280 g/mol. The Balaban J connectivity index is 1.64. The molecule has 0 amide bonds. The summed E-state index contributed by atoms with van der Waals surface area (Å²) in [5.41, 5.74) is 2.79. The van der Waals surface area contributed by atoms with Crippen LogP contribution >= 0.6 is 11.8 Å². The molecule has 104 valence electrons. The van der Waals surface area contributed by atoms with E-state index in [0.29, 0.717) is 5.75 Å². The fourth-order valence-corrected chi connectivity index (χ4v) is 2.73. The molecule has 0 bridgehead atoms. The Morgan fingerprint density at radius 2 is 1.67 bits per heavy atom. The van der Waals surface area contributed by atoms with Gasteiger partial charge in [-0.2, -0.15) is 0 Å². The molecule has 0 aliphatic rings. The van der Waals surface area contributed by atoms with E-state index in [4.69, 9.17) is 0 Å². The van der Waals surface area contributed by atoms with Crippen LogP contribution in [0.5, 0.6) is 0 Å². The average molecular weight is 294 g/mol. The number of carbonyl (C=O) groups excluding carboxylic acids is 1. The van der Waals surface area contributed by atoms with Crippen molar-refractivity contribution in [2.24, 2.45) is 0 Å². The number of nitrogens with zero attached hydrogens (tertiary/aromatic N) is 1. The van der Waals surface area contributed by atoms with Gasteiger partial charge in [0.25, 0.3) is 0 Å². The van der Waals surface area contributed by atoms with Gasteiger partial charge in [-0.15, -0.1) is 0 Å². The molecule has 3 nitrogen and oxygen atoms in total. The molecule has 21 heavy (non-hydrogen) atoms. The van der Waals surface area contributed by atoms with Gasteiger partial charge >= 0.3 is 0 Å². The van der Waals surface area contributed by atoms with E-state index in [9.17, 15) is 4.79 Å². The van der Waals surface area contributed by atoms with Gasteiger partial charge in [0.1, 0.15) is 0 Å².